The first-order valence-electron chi connectivity index (χ1n) is 6.62. The van der Waals surface area contributed by atoms with Crippen LogP contribution < -0.4 is 5.32 Å². The molecule has 5 nitrogen and oxygen atoms in total. The van der Waals surface area contributed by atoms with Gasteiger partial charge in [0.2, 0.25) is 5.91 Å². The molecule has 2 aromatic rings. The summed E-state index contributed by atoms with van der Waals surface area (Å²) in [4.78, 5) is 12.3. The smallest absolute Gasteiger partial charge is 0.237 e. The van der Waals surface area contributed by atoms with E-state index in [9.17, 15) is 4.79 Å². The average molecular weight is 369 g/mol. The number of hydrogen-bond donors (Lipinski definition) is 1. The van der Waals surface area contributed by atoms with Crippen molar-refractivity contribution in [3.63, 3.8) is 0 Å². The van der Waals surface area contributed by atoms with E-state index >= 15 is 0 Å². The molecule has 0 spiro atoms. The molecule has 21 heavy (non-hydrogen) atoms. The SMILES string of the molecule is CCn1cnnc1S[C@@H](C)C(=O)Nc1ccc(C)cc1Br. The number of carbonyl (C=O) groups is 1. The van der Waals surface area contributed by atoms with Gasteiger partial charge in [-0.1, -0.05) is 17.8 Å². The molecule has 0 aliphatic rings. The van der Waals surface area contributed by atoms with E-state index in [4.69, 9.17) is 0 Å². The molecular formula is C14H17BrN4OS. The Labute approximate surface area is 136 Å². The number of aryl methyl sites for hydroxylation is 2. The van der Waals surface area contributed by atoms with Crippen molar-refractivity contribution in [2.24, 2.45) is 0 Å². The number of carbonyl (C=O) groups excluding carboxylic acids is 1. The highest BCUT2D eigenvalue weighted by Gasteiger charge is 2.18. The summed E-state index contributed by atoms with van der Waals surface area (Å²) < 4.78 is 2.79. The quantitative estimate of drug-likeness (QED) is 0.820. The summed E-state index contributed by atoms with van der Waals surface area (Å²) in [6, 6.07) is 5.83. The van der Waals surface area contributed by atoms with Crippen LogP contribution in [0.15, 0.2) is 34.2 Å². The first-order chi connectivity index (χ1) is 10.0. The minimum absolute atomic E-state index is 0.0600. The highest BCUT2D eigenvalue weighted by atomic mass is 79.9. The van der Waals surface area contributed by atoms with Gasteiger partial charge in [-0.05, 0) is 54.4 Å². The highest BCUT2D eigenvalue weighted by molar-refractivity contribution is 9.10. The maximum Gasteiger partial charge on any atom is 0.237 e. The summed E-state index contributed by atoms with van der Waals surface area (Å²) in [5.74, 6) is -0.0600. The molecule has 0 saturated heterocycles. The van der Waals surface area contributed by atoms with Crippen LogP contribution >= 0.6 is 27.7 Å². The normalized spacial score (nSPS) is 12.2. The molecule has 0 aliphatic carbocycles. The second-order valence-corrected chi connectivity index (χ2v) is 6.79. The van der Waals surface area contributed by atoms with E-state index in [2.05, 4.69) is 31.4 Å². The van der Waals surface area contributed by atoms with E-state index in [0.29, 0.717) is 0 Å². The Balaban J connectivity index is 2.02. The lowest BCUT2D eigenvalue weighted by Crippen LogP contribution is -2.23. The van der Waals surface area contributed by atoms with Gasteiger partial charge in [0.15, 0.2) is 5.16 Å². The average Bonchev–Trinajstić information content (AvgIpc) is 2.89. The fourth-order valence-electron chi connectivity index (χ4n) is 1.72. The molecule has 1 aromatic heterocycles. The summed E-state index contributed by atoms with van der Waals surface area (Å²) in [6.07, 6.45) is 1.67. The van der Waals surface area contributed by atoms with Crippen LogP contribution in [0.2, 0.25) is 0 Å². The van der Waals surface area contributed by atoms with Crippen LogP contribution in [0.5, 0.6) is 0 Å². The molecule has 1 atom stereocenters. The van der Waals surface area contributed by atoms with Crippen LogP contribution in [0, 0.1) is 6.92 Å². The van der Waals surface area contributed by atoms with Crippen molar-refractivity contribution < 1.29 is 4.79 Å². The summed E-state index contributed by atoms with van der Waals surface area (Å²) >= 11 is 4.86. The number of hydrogen-bond acceptors (Lipinski definition) is 4. The van der Waals surface area contributed by atoms with E-state index in [1.165, 1.54) is 11.8 Å². The van der Waals surface area contributed by atoms with Gasteiger partial charge in [-0.2, -0.15) is 0 Å². The van der Waals surface area contributed by atoms with Crippen molar-refractivity contribution >= 4 is 39.3 Å². The van der Waals surface area contributed by atoms with Crippen molar-refractivity contribution in [1.29, 1.82) is 0 Å². The van der Waals surface area contributed by atoms with Gasteiger partial charge in [0.05, 0.1) is 10.9 Å². The van der Waals surface area contributed by atoms with E-state index in [1.54, 1.807) is 6.33 Å². The number of nitrogens with one attached hydrogen (secondary N) is 1. The van der Waals surface area contributed by atoms with E-state index < -0.39 is 0 Å². The van der Waals surface area contributed by atoms with Crippen LogP contribution in [-0.2, 0) is 11.3 Å². The molecule has 2 rings (SSSR count). The minimum atomic E-state index is -0.257. The zero-order valence-corrected chi connectivity index (χ0v) is 14.5. The number of thioether (sulfide) groups is 1. The highest BCUT2D eigenvalue weighted by Crippen LogP contribution is 2.26. The van der Waals surface area contributed by atoms with Crippen LogP contribution in [0.25, 0.3) is 0 Å². The van der Waals surface area contributed by atoms with Crippen LogP contribution in [0.3, 0.4) is 0 Å². The molecule has 7 heteroatoms. The predicted octanol–water partition coefficient (Wildman–Crippen LogP) is 3.49. The van der Waals surface area contributed by atoms with Crippen LogP contribution in [-0.4, -0.2) is 25.9 Å². The monoisotopic (exact) mass is 368 g/mol. The Morgan fingerprint density at radius 1 is 1.52 bits per heavy atom. The van der Waals surface area contributed by atoms with Crippen LogP contribution in [0.1, 0.15) is 19.4 Å². The van der Waals surface area contributed by atoms with Crippen molar-refractivity contribution in [2.45, 2.75) is 37.7 Å². The lowest BCUT2D eigenvalue weighted by atomic mass is 10.2. The van der Waals surface area contributed by atoms with Crippen molar-refractivity contribution in [2.75, 3.05) is 5.32 Å². The lowest BCUT2D eigenvalue weighted by Gasteiger charge is -2.13. The Morgan fingerprint density at radius 3 is 2.95 bits per heavy atom. The molecule has 0 saturated carbocycles. The molecule has 1 aromatic carbocycles. The first-order valence-corrected chi connectivity index (χ1v) is 8.30. The lowest BCUT2D eigenvalue weighted by molar-refractivity contribution is -0.115. The largest absolute Gasteiger partial charge is 0.324 e. The van der Waals surface area contributed by atoms with Gasteiger partial charge in [-0.3, -0.25) is 4.79 Å². The summed E-state index contributed by atoms with van der Waals surface area (Å²) in [5.41, 5.74) is 1.91. The van der Waals surface area contributed by atoms with Gasteiger partial charge in [0.1, 0.15) is 6.33 Å². The molecule has 0 radical (unpaired) electrons. The van der Waals surface area contributed by atoms with Gasteiger partial charge in [0, 0.05) is 11.0 Å². The van der Waals surface area contributed by atoms with Gasteiger partial charge in [-0.15, -0.1) is 10.2 Å². The molecule has 1 amide bonds. The number of anilines is 1. The van der Waals surface area contributed by atoms with E-state index in [1.807, 2.05) is 43.5 Å². The zero-order chi connectivity index (χ0) is 15.4. The number of rotatable bonds is 5. The maximum atomic E-state index is 12.3. The Morgan fingerprint density at radius 2 is 2.29 bits per heavy atom. The van der Waals surface area contributed by atoms with E-state index in [-0.39, 0.29) is 11.2 Å². The molecule has 0 fully saturated rings. The number of amides is 1. The summed E-state index contributed by atoms with van der Waals surface area (Å²) in [5, 5.41) is 11.3. The van der Waals surface area contributed by atoms with Crippen molar-refractivity contribution in [3.8, 4) is 0 Å². The second kappa shape index (κ2) is 7.09. The van der Waals surface area contributed by atoms with Gasteiger partial charge in [-0.25, -0.2) is 0 Å². The van der Waals surface area contributed by atoms with Gasteiger partial charge < -0.3 is 9.88 Å². The second-order valence-electron chi connectivity index (χ2n) is 4.63. The third-order valence-corrected chi connectivity index (χ3v) is 4.71. The third kappa shape index (κ3) is 4.07. The molecule has 1 heterocycles. The number of aromatic nitrogens is 3. The standard InChI is InChI=1S/C14H17BrN4OS/c1-4-19-8-16-18-14(19)21-10(3)13(20)17-12-6-5-9(2)7-11(12)15/h5-8,10H,4H2,1-3H3,(H,17,20)/t10-/m0/s1. The fraction of sp³-hybridized carbons (Fsp3) is 0.357. The number of nitrogens with zero attached hydrogens (tertiary/aromatic N) is 3. The molecule has 1 N–H and O–H groups in total. The summed E-state index contributed by atoms with van der Waals surface area (Å²) in [6.45, 7) is 6.66. The third-order valence-electron chi connectivity index (χ3n) is 2.95. The van der Waals surface area contributed by atoms with Crippen molar-refractivity contribution in [3.05, 3.63) is 34.6 Å². The van der Waals surface area contributed by atoms with Crippen LogP contribution in [0.4, 0.5) is 5.69 Å². The first kappa shape index (κ1) is 16.0. The van der Waals surface area contributed by atoms with E-state index in [0.717, 1.165) is 27.4 Å². The number of halogens is 1. The van der Waals surface area contributed by atoms with Gasteiger partial charge >= 0.3 is 0 Å². The zero-order valence-electron chi connectivity index (χ0n) is 12.1. The Bertz CT molecular complexity index is 644. The Hall–Kier alpha value is -1.34. The fourth-order valence-corrected chi connectivity index (χ4v) is 3.20. The Kier molecular flexibility index (Phi) is 5.41. The van der Waals surface area contributed by atoms with Crippen molar-refractivity contribution in [1.82, 2.24) is 14.8 Å². The topological polar surface area (TPSA) is 59.8 Å². The molecule has 112 valence electrons. The molecule has 0 unspecified atom stereocenters. The predicted molar refractivity (Wildman–Crippen MR) is 88.5 cm³/mol. The van der Waals surface area contributed by atoms with Gasteiger partial charge in [0.25, 0.3) is 0 Å². The summed E-state index contributed by atoms with van der Waals surface area (Å²) in [7, 11) is 0. The molecule has 0 bridgehead atoms. The molecule has 0 aliphatic heterocycles. The minimum Gasteiger partial charge on any atom is -0.324 e. The maximum absolute atomic E-state index is 12.3. The number of benzene rings is 1. The molecular weight excluding hydrogens is 352 g/mol.